The van der Waals surface area contributed by atoms with Crippen LogP contribution in [-0.4, -0.2) is 25.7 Å². The van der Waals surface area contributed by atoms with Crippen molar-refractivity contribution in [3.63, 3.8) is 0 Å². The molecule has 1 aromatic heterocycles. The number of ether oxygens (including phenoxy) is 2. The van der Waals surface area contributed by atoms with Crippen molar-refractivity contribution in [1.82, 2.24) is 5.16 Å². The Bertz CT molecular complexity index is 577. The molecule has 6 nitrogen and oxygen atoms in total. The van der Waals surface area contributed by atoms with Gasteiger partial charge in [0.2, 0.25) is 5.88 Å². The lowest BCUT2D eigenvalue weighted by Crippen LogP contribution is -1.96. The molecule has 0 unspecified atom stereocenters. The van der Waals surface area contributed by atoms with E-state index in [4.69, 9.17) is 19.7 Å². The third-order valence-corrected chi connectivity index (χ3v) is 2.54. The zero-order valence-electron chi connectivity index (χ0n) is 9.97. The van der Waals surface area contributed by atoms with Gasteiger partial charge in [-0.3, -0.25) is 4.79 Å². The number of carbonyl (C=O) groups excluding carboxylic acids is 1. The van der Waals surface area contributed by atoms with Gasteiger partial charge in [-0.2, -0.15) is 0 Å². The average molecular weight is 248 g/mol. The molecule has 6 heteroatoms. The van der Waals surface area contributed by atoms with E-state index < -0.39 is 0 Å². The van der Waals surface area contributed by atoms with Crippen LogP contribution in [0.5, 0.6) is 11.5 Å². The number of carbonyl (C=O) groups is 1. The number of nitrogens with zero attached hydrogens (tertiary/aromatic N) is 1. The number of hydrogen-bond acceptors (Lipinski definition) is 6. The van der Waals surface area contributed by atoms with Crippen molar-refractivity contribution in [1.29, 1.82) is 0 Å². The first kappa shape index (κ1) is 12.0. The number of aldehydes is 1. The van der Waals surface area contributed by atoms with Gasteiger partial charge in [-0.05, 0) is 17.7 Å². The second-order valence-corrected chi connectivity index (χ2v) is 3.52. The van der Waals surface area contributed by atoms with Gasteiger partial charge in [-0.1, -0.05) is 5.16 Å². The lowest BCUT2D eigenvalue weighted by Gasteiger charge is -2.11. The maximum atomic E-state index is 11.1. The van der Waals surface area contributed by atoms with Crippen LogP contribution in [-0.2, 0) is 0 Å². The van der Waals surface area contributed by atoms with Crippen molar-refractivity contribution < 1.29 is 18.8 Å². The van der Waals surface area contributed by atoms with E-state index in [1.807, 2.05) is 0 Å². The van der Waals surface area contributed by atoms with E-state index in [1.165, 1.54) is 20.4 Å². The number of anilines is 1. The van der Waals surface area contributed by atoms with E-state index in [2.05, 4.69) is 5.16 Å². The Morgan fingerprint density at radius 2 is 2.11 bits per heavy atom. The zero-order valence-corrected chi connectivity index (χ0v) is 9.97. The van der Waals surface area contributed by atoms with E-state index in [-0.39, 0.29) is 5.88 Å². The Morgan fingerprint density at radius 1 is 1.33 bits per heavy atom. The topological polar surface area (TPSA) is 87.6 Å². The van der Waals surface area contributed by atoms with E-state index in [0.717, 1.165) is 0 Å². The van der Waals surface area contributed by atoms with Crippen LogP contribution in [0.4, 0.5) is 5.88 Å². The molecule has 0 bridgehead atoms. The van der Waals surface area contributed by atoms with Gasteiger partial charge in [-0.15, -0.1) is 0 Å². The lowest BCUT2D eigenvalue weighted by molar-refractivity contribution is 0.112. The Morgan fingerprint density at radius 3 is 2.61 bits per heavy atom. The first-order valence-electron chi connectivity index (χ1n) is 5.13. The third-order valence-electron chi connectivity index (χ3n) is 2.54. The van der Waals surface area contributed by atoms with Gasteiger partial charge in [0.15, 0.2) is 17.8 Å². The second kappa shape index (κ2) is 4.79. The molecule has 0 aliphatic carbocycles. The summed E-state index contributed by atoms with van der Waals surface area (Å²) in [4.78, 5) is 11.1. The maximum Gasteiger partial charge on any atom is 0.229 e. The van der Waals surface area contributed by atoms with Gasteiger partial charge in [0, 0.05) is 0 Å². The smallest absolute Gasteiger partial charge is 0.229 e. The Kier molecular flexibility index (Phi) is 3.18. The summed E-state index contributed by atoms with van der Waals surface area (Å²) in [7, 11) is 2.96. The first-order valence-corrected chi connectivity index (χ1v) is 5.13. The minimum Gasteiger partial charge on any atom is -0.493 e. The summed E-state index contributed by atoms with van der Waals surface area (Å²) in [5.41, 5.74) is 7.28. The van der Waals surface area contributed by atoms with E-state index >= 15 is 0 Å². The molecule has 0 aliphatic heterocycles. The molecule has 1 aromatic carbocycles. The maximum absolute atomic E-state index is 11.1. The molecule has 0 saturated heterocycles. The molecular formula is C12H12N2O4. The zero-order chi connectivity index (χ0) is 13.1. The van der Waals surface area contributed by atoms with Crippen LogP contribution in [0.15, 0.2) is 22.9 Å². The number of aromatic nitrogens is 1. The highest BCUT2D eigenvalue weighted by molar-refractivity contribution is 5.86. The molecule has 0 atom stereocenters. The fourth-order valence-electron chi connectivity index (χ4n) is 1.70. The minimum atomic E-state index is 0.180. The van der Waals surface area contributed by atoms with Crippen molar-refractivity contribution in [2.24, 2.45) is 0 Å². The van der Waals surface area contributed by atoms with E-state index in [9.17, 15) is 4.79 Å². The predicted octanol–water partition coefficient (Wildman–Crippen LogP) is 1.75. The SMILES string of the molecule is COc1cc(-c2cnoc2N)cc(C=O)c1OC. The van der Waals surface area contributed by atoms with Crippen molar-refractivity contribution >= 4 is 12.2 Å². The van der Waals surface area contributed by atoms with Crippen molar-refractivity contribution in [2.75, 3.05) is 20.0 Å². The summed E-state index contributed by atoms with van der Waals surface area (Å²) < 4.78 is 15.1. The van der Waals surface area contributed by atoms with Crippen molar-refractivity contribution in [3.05, 3.63) is 23.9 Å². The molecule has 0 fully saturated rings. The monoisotopic (exact) mass is 248 g/mol. The van der Waals surface area contributed by atoms with Crippen molar-refractivity contribution in [2.45, 2.75) is 0 Å². The van der Waals surface area contributed by atoms with Crippen LogP contribution in [0.2, 0.25) is 0 Å². The number of hydrogen-bond donors (Lipinski definition) is 1. The normalized spacial score (nSPS) is 10.1. The highest BCUT2D eigenvalue weighted by Gasteiger charge is 2.15. The fourth-order valence-corrected chi connectivity index (χ4v) is 1.70. The average Bonchev–Trinajstić information content (AvgIpc) is 2.83. The van der Waals surface area contributed by atoms with E-state index in [1.54, 1.807) is 12.1 Å². The lowest BCUT2D eigenvalue weighted by atomic mass is 10.0. The standard InChI is InChI=1S/C12H12N2O4/c1-16-10-4-7(9-5-14-18-12(9)13)3-8(6-15)11(10)17-2/h3-6H,13H2,1-2H3. The molecule has 18 heavy (non-hydrogen) atoms. The molecule has 0 spiro atoms. The number of benzene rings is 1. The van der Waals surface area contributed by atoms with Gasteiger partial charge in [0.25, 0.3) is 0 Å². The summed E-state index contributed by atoms with van der Waals surface area (Å²) in [6.07, 6.45) is 2.17. The molecule has 2 rings (SSSR count). The molecule has 2 N–H and O–H groups in total. The fraction of sp³-hybridized carbons (Fsp3) is 0.167. The van der Waals surface area contributed by atoms with Crippen molar-refractivity contribution in [3.8, 4) is 22.6 Å². The van der Waals surface area contributed by atoms with Crippen LogP contribution in [0.1, 0.15) is 10.4 Å². The van der Waals surface area contributed by atoms with Gasteiger partial charge < -0.3 is 19.7 Å². The van der Waals surface area contributed by atoms with Gasteiger partial charge >= 0.3 is 0 Å². The minimum absolute atomic E-state index is 0.180. The molecular weight excluding hydrogens is 236 g/mol. The summed E-state index contributed by atoms with van der Waals surface area (Å²) in [6.45, 7) is 0. The van der Waals surface area contributed by atoms with Crippen LogP contribution >= 0.6 is 0 Å². The Balaban J connectivity index is 2.64. The molecule has 0 aliphatic rings. The second-order valence-electron chi connectivity index (χ2n) is 3.52. The number of methoxy groups -OCH3 is 2. The summed E-state index contributed by atoms with van der Waals surface area (Å²) >= 11 is 0. The molecule has 2 aromatic rings. The molecule has 1 heterocycles. The summed E-state index contributed by atoms with van der Waals surface area (Å²) in [6, 6.07) is 3.34. The Hall–Kier alpha value is -2.50. The Labute approximate surface area is 103 Å². The third kappa shape index (κ3) is 1.88. The molecule has 94 valence electrons. The van der Waals surface area contributed by atoms with E-state index in [0.29, 0.717) is 34.5 Å². The number of nitrogen functional groups attached to an aromatic ring is 1. The first-order chi connectivity index (χ1) is 8.71. The van der Waals surface area contributed by atoms with Crippen LogP contribution < -0.4 is 15.2 Å². The highest BCUT2D eigenvalue weighted by atomic mass is 16.5. The summed E-state index contributed by atoms with van der Waals surface area (Å²) in [5, 5.41) is 3.59. The quantitative estimate of drug-likeness (QED) is 0.829. The molecule has 0 amide bonds. The number of nitrogens with two attached hydrogens (primary N) is 1. The van der Waals surface area contributed by atoms with Gasteiger partial charge in [0.1, 0.15) is 0 Å². The summed E-state index contributed by atoms with van der Waals surface area (Å²) in [5.74, 6) is 1.00. The molecule has 0 saturated carbocycles. The predicted molar refractivity (Wildman–Crippen MR) is 64.8 cm³/mol. The van der Waals surface area contributed by atoms with Crippen LogP contribution in [0, 0.1) is 0 Å². The van der Waals surface area contributed by atoms with Crippen LogP contribution in [0.25, 0.3) is 11.1 Å². The van der Waals surface area contributed by atoms with Crippen LogP contribution in [0.3, 0.4) is 0 Å². The molecule has 0 radical (unpaired) electrons. The van der Waals surface area contributed by atoms with Gasteiger partial charge in [0.05, 0.1) is 31.5 Å². The van der Waals surface area contributed by atoms with Gasteiger partial charge in [-0.25, -0.2) is 0 Å². The largest absolute Gasteiger partial charge is 0.493 e. The highest BCUT2D eigenvalue weighted by Crippen LogP contribution is 2.37. The number of rotatable bonds is 4.